The number of rotatable bonds is 39. The normalized spacial score (nSPS) is 13.5. The Bertz CT molecular complexity index is 1490. The minimum atomic E-state index is -0.844. The molecule has 1 atom stereocenters. The van der Waals surface area contributed by atoms with Crippen LogP contribution < -0.4 is 0 Å². The molecule has 62 heavy (non-hydrogen) atoms. The summed E-state index contributed by atoms with van der Waals surface area (Å²) in [5, 5.41) is 0. The van der Waals surface area contributed by atoms with Crippen LogP contribution in [-0.2, 0) is 28.6 Å². The monoisotopic (exact) mass is 851 g/mol. The van der Waals surface area contributed by atoms with Gasteiger partial charge in [0.1, 0.15) is 13.2 Å². The molecule has 0 aromatic rings. The molecule has 0 spiro atoms. The lowest BCUT2D eigenvalue weighted by atomic mass is 10.1. The molecule has 0 radical (unpaired) electrons. The molecule has 0 amide bonds. The molecule has 0 rings (SSSR count). The van der Waals surface area contributed by atoms with E-state index in [-0.39, 0.29) is 50.4 Å². The van der Waals surface area contributed by atoms with Crippen molar-refractivity contribution in [3.63, 3.8) is 0 Å². The van der Waals surface area contributed by atoms with Gasteiger partial charge < -0.3 is 14.2 Å². The van der Waals surface area contributed by atoms with Gasteiger partial charge in [-0.1, -0.05) is 204 Å². The van der Waals surface area contributed by atoms with Crippen LogP contribution in [0.25, 0.3) is 0 Å². The molecule has 1 unspecified atom stereocenters. The second-order valence-electron chi connectivity index (χ2n) is 14.7. The zero-order chi connectivity index (χ0) is 45.1. The molecule has 6 heteroatoms. The highest BCUT2D eigenvalue weighted by atomic mass is 16.6. The van der Waals surface area contributed by atoms with Gasteiger partial charge >= 0.3 is 17.9 Å². The first-order chi connectivity index (χ1) is 30.5. The molecule has 0 aromatic heterocycles. The highest BCUT2D eigenvalue weighted by Gasteiger charge is 2.19. The van der Waals surface area contributed by atoms with Gasteiger partial charge in [-0.05, 0) is 89.9 Å². The molecule has 0 aliphatic carbocycles. The van der Waals surface area contributed by atoms with Crippen molar-refractivity contribution in [2.75, 3.05) is 13.2 Å². The average molecular weight is 851 g/mol. The maximum atomic E-state index is 12.8. The zero-order valence-corrected chi connectivity index (χ0v) is 38.8. The van der Waals surface area contributed by atoms with Crippen LogP contribution in [0.15, 0.2) is 158 Å². The van der Waals surface area contributed by atoms with Crippen molar-refractivity contribution >= 4 is 17.9 Å². The molecule has 0 aromatic carbocycles. The zero-order valence-electron chi connectivity index (χ0n) is 38.8. The number of carbonyl (C=O) groups excluding carboxylic acids is 3. The summed E-state index contributed by atoms with van der Waals surface area (Å²) < 4.78 is 16.6. The van der Waals surface area contributed by atoms with Gasteiger partial charge in [-0.25, -0.2) is 0 Å². The summed E-state index contributed by atoms with van der Waals surface area (Å²) in [4.78, 5) is 37.8. The Kier molecular flexibility index (Phi) is 44.8. The van der Waals surface area contributed by atoms with E-state index in [4.69, 9.17) is 14.2 Å². The van der Waals surface area contributed by atoms with Gasteiger partial charge in [0.2, 0.25) is 0 Å². The molecule has 0 saturated heterocycles. The van der Waals surface area contributed by atoms with Crippen LogP contribution in [0, 0.1) is 0 Å². The van der Waals surface area contributed by atoms with Gasteiger partial charge in [-0.3, -0.25) is 14.4 Å². The van der Waals surface area contributed by atoms with E-state index in [1.807, 2.05) is 79.0 Å². The Labute approximate surface area is 378 Å². The Hall–Kier alpha value is -4.97. The van der Waals surface area contributed by atoms with Gasteiger partial charge in [0, 0.05) is 19.3 Å². The van der Waals surface area contributed by atoms with Crippen molar-refractivity contribution in [3.05, 3.63) is 158 Å². The first kappa shape index (κ1) is 57.0. The van der Waals surface area contributed by atoms with Gasteiger partial charge in [0.05, 0.1) is 0 Å². The lowest BCUT2D eigenvalue weighted by Gasteiger charge is -2.18. The maximum absolute atomic E-state index is 12.8. The van der Waals surface area contributed by atoms with E-state index in [1.165, 1.54) is 0 Å². The lowest BCUT2D eigenvalue weighted by molar-refractivity contribution is -0.166. The Morgan fingerprint density at radius 1 is 0.339 bits per heavy atom. The van der Waals surface area contributed by atoms with Crippen molar-refractivity contribution < 1.29 is 28.6 Å². The molecule has 0 bridgehead atoms. The van der Waals surface area contributed by atoms with Crippen LogP contribution in [0.2, 0.25) is 0 Å². The predicted molar refractivity (Wildman–Crippen MR) is 265 cm³/mol. The summed E-state index contributed by atoms with van der Waals surface area (Å²) in [5.41, 5.74) is 0. The van der Waals surface area contributed by atoms with E-state index in [0.29, 0.717) is 12.8 Å². The van der Waals surface area contributed by atoms with Gasteiger partial charge in [0.25, 0.3) is 0 Å². The van der Waals surface area contributed by atoms with Crippen LogP contribution in [0.4, 0.5) is 0 Å². The minimum Gasteiger partial charge on any atom is -0.462 e. The maximum Gasteiger partial charge on any atom is 0.306 e. The third-order valence-electron chi connectivity index (χ3n) is 8.96. The molecular formula is C56H82O6. The summed E-state index contributed by atoms with van der Waals surface area (Å²) in [6.45, 7) is 6.08. The number of ether oxygens (including phenoxy) is 3. The number of hydrogen-bond acceptors (Lipinski definition) is 6. The van der Waals surface area contributed by atoms with Crippen molar-refractivity contribution in [3.8, 4) is 0 Å². The average Bonchev–Trinajstić information content (AvgIpc) is 3.27. The molecule has 0 N–H and O–H groups in total. The van der Waals surface area contributed by atoms with Crippen molar-refractivity contribution in [2.45, 2.75) is 162 Å². The largest absolute Gasteiger partial charge is 0.462 e. The molecule has 342 valence electrons. The van der Waals surface area contributed by atoms with E-state index in [9.17, 15) is 14.4 Å². The molecule has 0 fully saturated rings. The third kappa shape index (κ3) is 46.1. The van der Waals surface area contributed by atoms with Gasteiger partial charge in [-0.2, -0.15) is 0 Å². The Morgan fingerprint density at radius 3 is 1.18 bits per heavy atom. The highest BCUT2D eigenvalue weighted by molar-refractivity contribution is 5.71. The van der Waals surface area contributed by atoms with Gasteiger partial charge in [-0.15, -0.1) is 0 Å². The molecule has 0 heterocycles. The number of esters is 3. The first-order valence-electron chi connectivity index (χ1n) is 23.6. The fourth-order valence-corrected chi connectivity index (χ4v) is 5.51. The number of carbonyl (C=O) groups is 3. The van der Waals surface area contributed by atoms with Crippen molar-refractivity contribution in [2.24, 2.45) is 0 Å². The highest BCUT2D eigenvalue weighted by Crippen LogP contribution is 2.11. The van der Waals surface area contributed by atoms with Crippen molar-refractivity contribution in [1.29, 1.82) is 0 Å². The van der Waals surface area contributed by atoms with E-state index in [1.54, 1.807) is 0 Å². The SMILES string of the molecule is CC/C=C/C=C/C=C/C=C/CCCCCCCC(=O)OC(COC(=O)CC/C=C/C/C=C/C/C=C/C/C=C/C/C=C/CC)COC(=O)CCCCC/C=C/C=C/C=C/C=C/CC. The summed E-state index contributed by atoms with van der Waals surface area (Å²) in [5.74, 6) is -1.10. The smallest absolute Gasteiger partial charge is 0.306 e. The fraction of sp³-hybridized carbons (Fsp3) is 0.482. The van der Waals surface area contributed by atoms with E-state index in [0.717, 1.165) is 103 Å². The van der Waals surface area contributed by atoms with Crippen molar-refractivity contribution in [1.82, 2.24) is 0 Å². The number of hydrogen-bond donors (Lipinski definition) is 0. The Balaban J connectivity index is 4.65. The van der Waals surface area contributed by atoms with Crippen LogP contribution in [0.1, 0.15) is 156 Å². The topological polar surface area (TPSA) is 78.9 Å². The molecule has 0 saturated carbocycles. The van der Waals surface area contributed by atoms with E-state index >= 15 is 0 Å². The van der Waals surface area contributed by atoms with Crippen LogP contribution in [0.5, 0.6) is 0 Å². The quantitative estimate of drug-likeness (QED) is 0.0202. The third-order valence-corrected chi connectivity index (χ3v) is 8.96. The molecule has 6 nitrogen and oxygen atoms in total. The summed E-state index contributed by atoms with van der Waals surface area (Å²) >= 11 is 0. The summed E-state index contributed by atoms with van der Waals surface area (Å²) in [7, 11) is 0. The molecule has 0 aliphatic heterocycles. The molecular weight excluding hydrogens is 769 g/mol. The predicted octanol–water partition coefficient (Wildman–Crippen LogP) is 15.5. The lowest BCUT2D eigenvalue weighted by Crippen LogP contribution is -2.30. The fourth-order valence-electron chi connectivity index (χ4n) is 5.51. The minimum absolute atomic E-state index is 0.140. The molecule has 0 aliphatic rings. The summed E-state index contributed by atoms with van der Waals surface area (Å²) in [6.07, 6.45) is 70.9. The second kappa shape index (κ2) is 48.7. The Morgan fingerprint density at radius 2 is 0.694 bits per heavy atom. The standard InChI is InChI=1S/C56H82O6/c1-4-7-10-13-16-19-22-25-27-29-31-34-37-40-43-46-49-55(58)61-52-53(51-60-54(57)48-45-42-39-36-33-30-24-21-18-15-12-9-6-3)62-56(59)50-47-44-41-38-35-32-28-26-23-20-17-14-11-8-5-2/h7-12,14-21,23-28,30-31,33-34,40,43,53H,4-6,13,22,29,32,35-39,41-42,44-52H2,1-3H3/b10-7+,11-8+,12-9+,17-14+,18-15+,19-16+,23-20+,24-21+,27-25+,28-26+,33-30+,34-31+,43-40+. The van der Waals surface area contributed by atoms with Crippen LogP contribution in [0.3, 0.4) is 0 Å². The second-order valence-corrected chi connectivity index (χ2v) is 14.7. The number of allylic oxidation sites excluding steroid dienone is 26. The van der Waals surface area contributed by atoms with E-state index in [2.05, 4.69) is 99.8 Å². The van der Waals surface area contributed by atoms with Gasteiger partial charge in [0.15, 0.2) is 6.10 Å². The number of unbranched alkanes of at least 4 members (excludes halogenated alkanes) is 8. The van der Waals surface area contributed by atoms with E-state index < -0.39 is 6.10 Å². The summed E-state index contributed by atoms with van der Waals surface area (Å²) in [6, 6.07) is 0. The van der Waals surface area contributed by atoms with Crippen LogP contribution >= 0.6 is 0 Å². The first-order valence-corrected chi connectivity index (χ1v) is 23.6. The van der Waals surface area contributed by atoms with Crippen LogP contribution in [-0.4, -0.2) is 37.2 Å².